The van der Waals surface area contributed by atoms with Gasteiger partial charge in [-0.2, -0.15) is 0 Å². The summed E-state index contributed by atoms with van der Waals surface area (Å²) in [5, 5.41) is 22.2. The molecule has 32 heavy (non-hydrogen) atoms. The maximum atomic E-state index is 12.7. The zero-order valence-electron chi connectivity index (χ0n) is 19.2. The van der Waals surface area contributed by atoms with Gasteiger partial charge in [-0.3, -0.25) is 9.36 Å². The summed E-state index contributed by atoms with van der Waals surface area (Å²) in [6.45, 7) is 8.80. The Balaban J connectivity index is 2.31. The van der Waals surface area contributed by atoms with Crippen LogP contribution in [0.4, 0.5) is 0 Å². The van der Waals surface area contributed by atoms with Crippen molar-refractivity contribution >= 4 is 19.2 Å². The number of phenolic OH excluding ortho intramolecular Hbond substituents is 1. The Morgan fingerprint density at radius 1 is 1.09 bits per heavy atom. The van der Waals surface area contributed by atoms with Crippen molar-refractivity contribution in [3.05, 3.63) is 63.7 Å². The second-order valence-electron chi connectivity index (χ2n) is 8.62. The van der Waals surface area contributed by atoms with Gasteiger partial charge in [0.1, 0.15) is 11.8 Å². The molecule has 0 saturated carbocycles. The third-order valence-electron chi connectivity index (χ3n) is 5.68. The first kappa shape index (κ1) is 25.6. The third kappa shape index (κ3) is 6.68. The molecule has 1 amide bonds. The quantitative estimate of drug-likeness (QED) is 0.415. The van der Waals surface area contributed by atoms with Gasteiger partial charge in [0.2, 0.25) is 7.37 Å². The number of hydrogen-bond acceptors (Lipinski definition) is 4. The Morgan fingerprint density at radius 2 is 1.69 bits per heavy atom. The van der Waals surface area contributed by atoms with Crippen LogP contribution in [0.3, 0.4) is 0 Å². The largest absolute Gasteiger partial charge is 0.507 e. The van der Waals surface area contributed by atoms with Crippen molar-refractivity contribution in [2.75, 3.05) is 6.66 Å². The highest BCUT2D eigenvalue weighted by atomic mass is 31.2. The molecular formula is C24H32NO6P. The van der Waals surface area contributed by atoms with E-state index in [2.05, 4.69) is 5.32 Å². The topological polar surface area (TPSA) is 124 Å². The minimum atomic E-state index is -3.17. The number of benzene rings is 2. The smallest absolute Gasteiger partial charge is 0.326 e. The molecule has 0 bridgehead atoms. The standard InChI is InChI=1S/C24H32NO6P/c1-6-14(2)22(24(28)29)25-23(27)20-12-17(7-8-21(20)26)11-19-15(3)9-18(10-16(19)4)13-32(5,30)31/h7-10,12,14,22,26H,6,11,13H2,1-5H3,(H,25,27)(H,28,29)(H,30,31). The van der Waals surface area contributed by atoms with Gasteiger partial charge in [0.05, 0.1) is 5.56 Å². The molecule has 0 aliphatic carbocycles. The van der Waals surface area contributed by atoms with Crippen LogP contribution < -0.4 is 5.32 Å². The van der Waals surface area contributed by atoms with Crippen molar-refractivity contribution in [1.29, 1.82) is 0 Å². The van der Waals surface area contributed by atoms with Crippen LogP contribution in [-0.2, 0) is 21.9 Å². The van der Waals surface area contributed by atoms with Gasteiger partial charge in [0, 0.05) is 12.8 Å². The van der Waals surface area contributed by atoms with E-state index in [1.165, 1.54) is 12.7 Å². The molecule has 0 aliphatic rings. The van der Waals surface area contributed by atoms with E-state index < -0.39 is 25.3 Å². The zero-order valence-corrected chi connectivity index (χ0v) is 20.1. The number of amides is 1. The summed E-state index contributed by atoms with van der Waals surface area (Å²) in [6, 6.07) is 7.46. The summed E-state index contributed by atoms with van der Waals surface area (Å²) in [4.78, 5) is 33.9. The highest BCUT2D eigenvalue weighted by Crippen LogP contribution is 2.40. The normalized spacial score (nSPS) is 14.9. The maximum absolute atomic E-state index is 12.7. The first-order valence-corrected chi connectivity index (χ1v) is 12.9. The maximum Gasteiger partial charge on any atom is 0.326 e. The zero-order chi connectivity index (χ0) is 24.2. The predicted octanol–water partition coefficient (Wildman–Crippen LogP) is 4.23. The third-order valence-corrected chi connectivity index (χ3v) is 6.64. The number of aliphatic carboxylic acids is 1. The van der Waals surface area contributed by atoms with E-state index in [9.17, 15) is 29.3 Å². The second kappa shape index (κ2) is 10.3. The lowest BCUT2D eigenvalue weighted by Gasteiger charge is -2.20. The van der Waals surface area contributed by atoms with Crippen LogP contribution in [0.5, 0.6) is 5.75 Å². The number of hydrogen-bond donors (Lipinski definition) is 4. The van der Waals surface area contributed by atoms with Crippen LogP contribution in [0.25, 0.3) is 0 Å². The molecule has 174 valence electrons. The number of carboxylic acid groups (broad SMARTS) is 1. The number of nitrogens with one attached hydrogen (secondary N) is 1. The van der Waals surface area contributed by atoms with Crippen molar-refractivity contribution in [3.63, 3.8) is 0 Å². The summed E-state index contributed by atoms with van der Waals surface area (Å²) in [6.07, 6.45) is 1.19. The lowest BCUT2D eigenvalue weighted by Crippen LogP contribution is -2.45. The second-order valence-corrected chi connectivity index (χ2v) is 11.0. The number of carbonyl (C=O) groups excluding carboxylic acids is 1. The highest BCUT2D eigenvalue weighted by molar-refractivity contribution is 7.56. The van der Waals surface area contributed by atoms with Gasteiger partial charge in [-0.15, -0.1) is 0 Å². The molecule has 0 spiro atoms. The molecule has 0 aromatic heterocycles. The van der Waals surface area contributed by atoms with Crippen LogP contribution in [0, 0.1) is 19.8 Å². The number of aryl methyl sites for hydroxylation is 2. The van der Waals surface area contributed by atoms with Crippen molar-refractivity contribution in [2.45, 2.75) is 52.7 Å². The summed E-state index contributed by atoms with van der Waals surface area (Å²) in [5.74, 6) is -2.23. The van der Waals surface area contributed by atoms with Crippen molar-refractivity contribution in [1.82, 2.24) is 5.32 Å². The fourth-order valence-corrected chi connectivity index (χ4v) is 4.63. The monoisotopic (exact) mass is 461 g/mol. The molecule has 0 radical (unpaired) electrons. The molecular weight excluding hydrogens is 429 g/mol. The van der Waals surface area contributed by atoms with Gasteiger partial charge in [-0.25, -0.2) is 4.79 Å². The number of rotatable bonds is 9. The van der Waals surface area contributed by atoms with Gasteiger partial charge < -0.3 is 20.4 Å². The molecule has 3 unspecified atom stereocenters. The van der Waals surface area contributed by atoms with E-state index in [1.54, 1.807) is 19.1 Å². The molecule has 2 aromatic carbocycles. The van der Waals surface area contributed by atoms with E-state index in [-0.39, 0.29) is 23.4 Å². The molecule has 3 atom stereocenters. The molecule has 8 heteroatoms. The van der Waals surface area contributed by atoms with Crippen molar-refractivity contribution < 1.29 is 29.3 Å². The first-order valence-electron chi connectivity index (χ1n) is 10.6. The van der Waals surface area contributed by atoms with Gasteiger partial charge >= 0.3 is 5.97 Å². The molecule has 2 rings (SSSR count). The molecule has 0 aliphatic heterocycles. The van der Waals surface area contributed by atoms with Gasteiger partial charge in [0.15, 0.2) is 0 Å². The van der Waals surface area contributed by atoms with Crippen LogP contribution in [-0.4, -0.2) is 39.7 Å². The average Bonchev–Trinajstić information content (AvgIpc) is 2.67. The molecule has 0 fully saturated rings. The van der Waals surface area contributed by atoms with E-state index in [4.69, 9.17) is 0 Å². The van der Waals surface area contributed by atoms with Gasteiger partial charge in [-0.05, 0) is 66.1 Å². The summed E-state index contributed by atoms with van der Waals surface area (Å²) >= 11 is 0. The number of phenols is 1. The fourth-order valence-electron chi connectivity index (χ4n) is 3.77. The Labute approximate surface area is 188 Å². The average molecular weight is 461 g/mol. The Morgan fingerprint density at radius 3 is 2.19 bits per heavy atom. The van der Waals surface area contributed by atoms with E-state index in [0.29, 0.717) is 12.8 Å². The Hall–Kier alpha value is -2.63. The summed E-state index contributed by atoms with van der Waals surface area (Å²) in [5.41, 5.74) is 4.57. The number of carboxylic acids is 1. The van der Waals surface area contributed by atoms with E-state index >= 15 is 0 Å². The van der Waals surface area contributed by atoms with Gasteiger partial charge in [-0.1, -0.05) is 38.5 Å². The SMILES string of the molecule is CCC(C)C(NC(=O)c1cc(Cc2c(C)cc(CP(C)(=O)O)cc2C)ccc1O)C(=O)O. The Kier molecular flexibility index (Phi) is 8.27. The van der Waals surface area contributed by atoms with Gasteiger partial charge in [0.25, 0.3) is 5.91 Å². The van der Waals surface area contributed by atoms with Crippen molar-refractivity contribution in [3.8, 4) is 5.75 Å². The lowest BCUT2D eigenvalue weighted by atomic mass is 9.93. The summed E-state index contributed by atoms with van der Waals surface area (Å²) in [7, 11) is -3.17. The van der Waals surface area contributed by atoms with Crippen LogP contribution >= 0.6 is 7.37 Å². The van der Waals surface area contributed by atoms with Crippen LogP contribution in [0.15, 0.2) is 30.3 Å². The molecule has 7 nitrogen and oxygen atoms in total. The van der Waals surface area contributed by atoms with Crippen LogP contribution in [0.2, 0.25) is 0 Å². The highest BCUT2D eigenvalue weighted by Gasteiger charge is 2.27. The number of carbonyl (C=O) groups is 2. The van der Waals surface area contributed by atoms with E-state index in [0.717, 1.165) is 27.8 Å². The number of aromatic hydroxyl groups is 1. The Bertz CT molecular complexity index is 1040. The van der Waals surface area contributed by atoms with Crippen molar-refractivity contribution in [2.24, 2.45) is 5.92 Å². The molecule has 2 aromatic rings. The molecule has 0 saturated heterocycles. The van der Waals surface area contributed by atoms with Crippen LogP contribution in [0.1, 0.15) is 58.4 Å². The first-order chi connectivity index (χ1) is 14.8. The minimum Gasteiger partial charge on any atom is -0.507 e. The predicted molar refractivity (Wildman–Crippen MR) is 125 cm³/mol. The summed E-state index contributed by atoms with van der Waals surface area (Å²) < 4.78 is 11.8. The molecule has 4 N–H and O–H groups in total. The van der Waals surface area contributed by atoms with E-state index in [1.807, 2.05) is 32.9 Å². The fraction of sp³-hybridized carbons (Fsp3) is 0.417. The molecule has 0 heterocycles. The minimum absolute atomic E-state index is 0.0242. The lowest BCUT2D eigenvalue weighted by molar-refractivity contribution is -0.140.